The van der Waals surface area contributed by atoms with Gasteiger partial charge in [0.25, 0.3) is 0 Å². The number of rotatable bonds is 2. The summed E-state index contributed by atoms with van der Waals surface area (Å²) >= 11 is 0. The lowest BCUT2D eigenvalue weighted by Crippen LogP contribution is -2.08. The Bertz CT molecular complexity index is 818. The van der Waals surface area contributed by atoms with Gasteiger partial charge >= 0.3 is 0 Å². The quantitative estimate of drug-likeness (QED) is 0.744. The smallest absolute Gasteiger partial charge is 0.127 e. The van der Waals surface area contributed by atoms with Gasteiger partial charge in [-0.15, -0.1) is 0 Å². The first-order valence-corrected chi connectivity index (χ1v) is 9.79. The van der Waals surface area contributed by atoms with Crippen molar-refractivity contribution in [2.24, 2.45) is 0 Å². The molecule has 0 aromatic heterocycles. The molecule has 0 atom stereocenters. The van der Waals surface area contributed by atoms with E-state index in [1.54, 1.807) is 0 Å². The summed E-state index contributed by atoms with van der Waals surface area (Å²) in [6.45, 7) is 4.34. The number of benzene rings is 2. The predicted molar refractivity (Wildman–Crippen MR) is 103 cm³/mol. The van der Waals surface area contributed by atoms with E-state index in [0.29, 0.717) is 17.4 Å². The molecule has 2 aromatic rings. The minimum atomic E-state index is 0.309. The summed E-state index contributed by atoms with van der Waals surface area (Å²) in [5.74, 6) is 1.11. The second-order valence-corrected chi connectivity index (χ2v) is 8.00. The van der Waals surface area contributed by atoms with Gasteiger partial charge < -0.3 is 10.2 Å². The van der Waals surface area contributed by atoms with Crippen LogP contribution in [-0.4, -0.2) is 10.2 Å². The van der Waals surface area contributed by atoms with Gasteiger partial charge in [0.15, 0.2) is 0 Å². The number of hydrogen-bond acceptors (Lipinski definition) is 2. The van der Waals surface area contributed by atoms with Gasteiger partial charge in [-0.05, 0) is 85.1 Å². The van der Waals surface area contributed by atoms with Crippen LogP contribution in [0.3, 0.4) is 0 Å². The molecule has 4 rings (SSSR count). The van der Waals surface area contributed by atoms with E-state index in [2.05, 4.69) is 26.0 Å². The van der Waals surface area contributed by atoms with E-state index < -0.39 is 0 Å². The lowest BCUT2D eigenvalue weighted by Gasteiger charge is -2.25. The van der Waals surface area contributed by atoms with Crippen LogP contribution in [0.15, 0.2) is 18.2 Å². The van der Waals surface area contributed by atoms with Crippen molar-refractivity contribution in [1.29, 1.82) is 0 Å². The van der Waals surface area contributed by atoms with E-state index in [-0.39, 0.29) is 0 Å². The molecular weight excluding hydrogens is 308 g/mol. The molecule has 0 saturated carbocycles. The Hall–Kier alpha value is -1.96. The third kappa shape index (κ3) is 2.72. The zero-order valence-electron chi connectivity index (χ0n) is 15.4. The van der Waals surface area contributed by atoms with Crippen LogP contribution in [0, 0.1) is 0 Å². The van der Waals surface area contributed by atoms with Gasteiger partial charge in [-0.3, -0.25) is 0 Å². The van der Waals surface area contributed by atoms with Crippen molar-refractivity contribution in [1.82, 2.24) is 0 Å². The summed E-state index contributed by atoms with van der Waals surface area (Å²) in [7, 11) is 0. The van der Waals surface area contributed by atoms with Crippen molar-refractivity contribution in [2.45, 2.75) is 71.1 Å². The highest BCUT2D eigenvalue weighted by Crippen LogP contribution is 2.47. The third-order valence-electron chi connectivity index (χ3n) is 6.05. The number of aromatic hydroxyl groups is 2. The van der Waals surface area contributed by atoms with Crippen LogP contribution in [-0.2, 0) is 25.7 Å². The Morgan fingerprint density at radius 3 is 2.04 bits per heavy atom. The second-order valence-electron chi connectivity index (χ2n) is 8.00. The zero-order valence-corrected chi connectivity index (χ0v) is 15.4. The van der Waals surface area contributed by atoms with Crippen LogP contribution in [0.2, 0.25) is 0 Å². The molecule has 0 radical (unpaired) electrons. The monoisotopic (exact) mass is 336 g/mol. The Morgan fingerprint density at radius 1 is 0.760 bits per heavy atom. The molecule has 0 saturated heterocycles. The molecule has 2 aliphatic rings. The molecule has 0 unspecified atom stereocenters. The Labute approximate surface area is 150 Å². The van der Waals surface area contributed by atoms with Gasteiger partial charge in [-0.25, -0.2) is 0 Å². The maximum absolute atomic E-state index is 11.1. The fourth-order valence-electron chi connectivity index (χ4n) is 4.65. The first-order chi connectivity index (χ1) is 12.1. The van der Waals surface area contributed by atoms with Crippen LogP contribution in [0.25, 0.3) is 11.1 Å². The van der Waals surface area contributed by atoms with Crippen LogP contribution in [0.4, 0.5) is 0 Å². The Kier molecular flexibility index (Phi) is 4.23. The molecule has 0 amide bonds. The second kappa shape index (κ2) is 6.40. The van der Waals surface area contributed by atoms with E-state index >= 15 is 0 Å². The highest BCUT2D eigenvalue weighted by Gasteiger charge is 2.25. The first kappa shape index (κ1) is 16.5. The number of phenols is 2. The number of hydrogen-bond donors (Lipinski definition) is 2. The van der Waals surface area contributed by atoms with Crippen LogP contribution in [0.1, 0.15) is 73.3 Å². The largest absolute Gasteiger partial charge is 0.507 e. The van der Waals surface area contributed by atoms with Crippen LogP contribution < -0.4 is 0 Å². The fraction of sp³-hybridized carbons (Fsp3) is 0.478. The van der Waals surface area contributed by atoms with Gasteiger partial charge in [0, 0.05) is 11.1 Å². The minimum absolute atomic E-state index is 0.309. The number of aryl methyl sites for hydroxylation is 2. The molecule has 0 heterocycles. The first-order valence-electron chi connectivity index (χ1n) is 9.79. The number of phenolic OH excluding ortho intramolecular Hbond substituents is 2. The molecule has 0 bridgehead atoms. The van der Waals surface area contributed by atoms with Crippen molar-refractivity contribution in [3.8, 4) is 22.6 Å². The van der Waals surface area contributed by atoms with Crippen molar-refractivity contribution in [2.75, 3.05) is 0 Å². The fourth-order valence-corrected chi connectivity index (χ4v) is 4.65. The molecule has 2 aliphatic carbocycles. The lowest BCUT2D eigenvalue weighted by molar-refractivity contribution is 0.455. The normalized spacial score (nSPS) is 16.6. The maximum Gasteiger partial charge on any atom is 0.127 e. The third-order valence-corrected chi connectivity index (χ3v) is 6.05. The molecule has 0 aliphatic heterocycles. The van der Waals surface area contributed by atoms with Crippen molar-refractivity contribution in [3.05, 3.63) is 46.0 Å². The summed E-state index contributed by atoms with van der Waals surface area (Å²) in [5, 5.41) is 22.1. The van der Waals surface area contributed by atoms with E-state index in [1.165, 1.54) is 24.0 Å². The highest BCUT2D eigenvalue weighted by molar-refractivity contribution is 5.82. The molecule has 2 N–H and O–H groups in total. The van der Waals surface area contributed by atoms with Gasteiger partial charge in [-0.1, -0.05) is 32.0 Å². The SMILES string of the molecule is CC(C)c1cc2c(c(O)c1-c1ccc3c(c1O)CCCC3)CCCC2. The zero-order chi connectivity index (χ0) is 17.6. The predicted octanol–water partition coefficient (Wildman–Crippen LogP) is 5.65. The topological polar surface area (TPSA) is 40.5 Å². The molecule has 2 heteroatoms. The molecule has 0 spiro atoms. The van der Waals surface area contributed by atoms with Crippen molar-refractivity contribution >= 4 is 0 Å². The summed E-state index contributed by atoms with van der Waals surface area (Å²) in [6, 6.07) is 6.47. The average molecular weight is 336 g/mol. The standard InChI is InChI=1S/C23H28O2/c1-14(2)20-13-16-8-4-6-10-18(16)23(25)21(20)19-12-11-15-7-3-5-9-17(15)22(19)24/h11-14,24-25H,3-10H2,1-2H3. The molecule has 25 heavy (non-hydrogen) atoms. The Balaban J connectivity index is 1.96. The molecule has 2 aromatic carbocycles. The molecular formula is C23H28O2. The van der Waals surface area contributed by atoms with Gasteiger partial charge in [0.2, 0.25) is 0 Å². The summed E-state index contributed by atoms with van der Waals surface area (Å²) in [6.07, 6.45) is 8.67. The van der Waals surface area contributed by atoms with Gasteiger partial charge in [0.1, 0.15) is 11.5 Å². The summed E-state index contributed by atoms with van der Waals surface area (Å²) < 4.78 is 0. The van der Waals surface area contributed by atoms with E-state index in [0.717, 1.165) is 66.3 Å². The van der Waals surface area contributed by atoms with E-state index in [4.69, 9.17) is 0 Å². The average Bonchev–Trinajstić information content (AvgIpc) is 2.63. The lowest BCUT2D eigenvalue weighted by atomic mass is 9.80. The van der Waals surface area contributed by atoms with Crippen LogP contribution in [0.5, 0.6) is 11.5 Å². The summed E-state index contributed by atoms with van der Waals surface area (Å²) in [5.41, 5.74) is 7.60. The van der Waals surface area contributed by atoms with Crippen molar-refractivity contribution in [3.63, 3.8) is 0 Å². The van der Waals surface area contributed by atoms with E-state index in [9.17, 15) is 10.2 Å². The minimum Gasteiger partial charge on any atom is -0.507 e. The van der Waals surface area contributed by atoms with Gasteiger partial charge in [-0.2, -0.15) is 0 Å². The maximum atomic E-state index is 11.1. The molecule has 132 valence electrons. The summed E-state index contributed by atoms with van der Waals surface area (Å²) in [4.78, 5) is 0. The molecule has 2 nitrogen and oxygen atoms in total. The molecule has 0 fully saturated rings. The highest BCUT2D eigenvalue weighted by atomic mass is 16.3. The number of fused-ring (bicyclic) bond motifs is 2. The van der Waals surface area contributed by atoms with E-state index in [1.807, 2.05) is 6.07 Å². The van der Waals surface area contributed by atoms with Gasteiger partial charge in [0.05, 0.1) is 0 Å². The Morgan fingerprint density at radius 2 is 1.36 bits per heavy atom. The van der Waals surface area contributed by atoms with Crippen LogP contribution >= 0.6 is 0 Å². The van der Waals surface area contributed by atoms with Crippen molar-refractivity contribution < 1.29 is 10.2 Å².